The van der Waals surface area contributed by atoms with Crippen molar-refractivity contribution in [3.63, 3.8) is 0 Å². The average molecular weight is 394 g/mol. The lowest BCUT2D eigenvalue weighted by Crippen LogP contribution is -2.43. The highest BCUT2D eigenvalue weighted by molar-refractivity contribution is 5.82. The van der Waals surface area contributed by atoms with E-state index in [2.05, 4.69) is 31.8 Å². The summed E-state index contributed by atoms with van der Waals surface area (Å²) >= 11 is 0. The zero-order valence-electron chi connectivity index (χ0n) is 16.5. The number of aromatic nitrogens is 3. The number of nitrogens with zero attached hydrogens (tertiary/aromatic N) is 3. The number of carbonyl (C=O) groups is 1. The molecule has 2 atom stereocenters. The maximum Gasteiger partial charge on any atom is 0.238 e. The quantitative estimate of drug-likeness (QED) is 0.534. The second kappa shape index (κ2) is 9.13. The number of nitrogens with one attached hydrogen (secondary N) is 3. The van der Waals surface area contributed by atoms with Gasteiger partial charge in [-0.25, -0.2) is 15.8 Å². The van der Waals surface area contributed by atoms with E-state index in [1.807, 2.05) is 36.4 Å². The van der Waals surface area contributed by atoms with Crippen LogP contribution in [0.3, 0.4) is 0 Å². The van der Waals surface area contributed by atoms with E-state index in [0.717, 1.165) is 29.1 Å². The van der Waals surface area contributed by atoms with Crippen LogP contribution in [0.25, 0.3) is 11.0 Å². The van der Waals surface area contributed by atoms with Gasteiger partial charge >= 0.3 is 0 Å². The Morgan fingerprint density at radius 1 is 1.24 bits per heavy atom. The van der Waals surface area contributed by atoms with Crippen molar-refractivity contribution >= 4 is 16.9 Å². The summed E-state index contributed by atoms with van der Waals surface area (Å²) in [5.74, 6) is 0.933. The number of carbonyl (C=O) groups excluding carboxylic acids is 1. The van der Waals surface area contributed by atoms with Crippen LogP contribution in [0.1, 0.15) is 24.0 Å². The Morgan fingerprint density at radius 2 is 2.10 bits per heavy atom. The Labute approximate surface area is 169 Å². The molecule has 0 radical (unpaired) electrons. The average Bonchev–Trinajstić information content (AvgIpc) is 3.38. The number of pyridine rings is 1. The second-order valence-electron chi connectivity index (χ2n) is 7.09. The van der Waals surface area contributed by atoms with E-state index >= 15 is 0 Å². The van der Waals surface area contributed by atoms with Crippen molar-refractivity contribution in [1.82, 2.24) is 30.7 Å². The van der Waals surface area contributed by atoms with E-state index < -0.39 is 0 Å². The van der Waals surface area contributed by atoms with Crippen molar-refractivity contribution in [2.75, 3.05) is 20.3 Å². The number of rotatable bonds is 8. The molecule has 3 heterocycles. The molecule has 1 fully saturated rings. The molecule has 1 aliphatic rings. The minimum Gasteiger partial charge on any atom is -0.383 e. The van der Waals surface area contributed by atoms with Gasteiger partial charge in [-0.05, 0) is 30.7 Å². The fraction of sp³-hybridized carbons (Fsp3) is 0.381. The summed E-state index contributed by atoms with van der Waals surface area (Å²) in [6.07, 6.45) is 3.09. The van der Waals surface area contributed by atoms with Crippen molar-refractivity contribution in [3.05, 3.63) is 60.2 Å². The molecule has 152 valence electrons. The zero-order valence-corrected chi connectivity index (χ0v) is 16.5. The predicted octanol–water partition coefficient (Wildman–Crippen LogP) is 1.34. The lowest BCUT2D eigenvalue weighted by Gasteiger charge is -2.12. The van der Waals surface area contributed by atoms with Crippen LogP contribution >= 0.6 is 0 Å². The maximum atomic E-state index is 12.6. The highest BCUT2D eigenvalue weighted by Gasteiger charge is 2.30. The molecule has 3 N–H and O–H groups in total. The number of fused-ring (bicyclic) bond motifs is 1. The third-order valence-corrected chi connectivity index (χ3v) is 5.16. The summed E-state index contributed by atoms with van der Waals surface area (Å²) in [4.78, 5) is 21.6. The van der Waals surface area contributed by atoms with Crippen LogP contribution < -0.4 is 16.2 Å². The third kappa shape index (κ3) is 4.45. The van der Waals surface area contributed by atoms with Gasteiger partial charge in [0.1, 0.15) is 11.9 Å². The van der Waals surface area contributed by atoms with E-state index in [-0.39, 0.29) is 18.0 Å². The largest absolute Gasteiger partial charge is 0.383 e. The van der Waals surface area contributed by atoms with Crippen LogP contribution in [0.5, 0.6) is 0 Å². The first-order chi connectivity index (χ1) is 14.3. The summed E-state index contributed by atoms with van der Waals surface area (Å²) in [6, 6.07) is 13.6. The van der Waals surface area contributed by atoms with Crippen LogP contribution in [0, 0.1) is 0 Å². The molecule has 0 saturated carbocycles. The normalized spacial score (nSPS) is 18.9. The van der Waals surface area contributed by atoms with Gasteiger partial charge in [0.05, 0.1) is 29.4 Å². The van der Waals surface area contributed by atoms with Crippen LogP contribution in [0.4, 0.5) is 0 Å². The minimum atomic E-state index is -0.283. The molecular formula is C21H26N6O2. The SMILES string of the molecule is COCCn1c(CCNC(=O)C2CC(c3ccccn3)NN2)nc2ccccc21. The Morgan fingerprint density at radius 3 is 2.93 bits per heavy atom. The van der Waals surface area contributed by atoms with Crippen molar-refractivity contribution in [2.24, 2.45) is 0 Å². The molecule has 29 heavy (non-hydrogen) atoms. The van der Waals surface area contributed by atoms with Crippen molar-refractivity contribution in [2.45, 2.75) is 31.5 Å². The van der Waals surface area contributed by atoms with Gasteiger partial charge in [-0.3, -0.25) is 9.78 Å². The van der Waals surface area contributed by atoms with Crippen molar-refractivity contribution in [3.8, 4) is 0 Å². The molecule has 4 rings (SSSR count). The van der Waals surface area contributed by atoms with Gasteiger partial charge in [0, 0.05) is 32.8 Å². The molecule has 1 aromatic carbocycles. The minimum absolute atomic E-state index is 0.0181. The van der Waals surface area contributed by atoms with Crippen LogP contribution in [0.2, 0.25) is 0 Å². The summed E-state index contributed by atoms with van der Waals surface area (Å²) in [5.41, 5.74) is 9.22. The molecule has 2 unspecified atom stereocenters. The van der Waals surface area contributed by atoms with Crippen molar-refractivity contribution in [1.29, 1.82) is 0 Å². The van der Waals surface area contributed by atoms with E-state index in [0.29, 0.717) is 26.0 Å². The number of methoxy groups -OCH3 is 1. The number of para-hydroxylation sites is 2. The Hall–Kier alpha value is -2.81. The Balaban J connectivity index is 1.34. The highest BCUT2D eigenvalue weighted by Crippen LogP contribution is 2.20. The Bertz CT molecular complexity index is 958. The standard InChI is InChI=1S/C21H26N6O2/c1-29-13-12-27-19-8-3-2-7-16(19)24-20(27)9-11-23-21(28)18-14-17(25-26-18)15-6-4-5-10-22-15/h2-8,10,17-18,25-26H,9,11-14H2,1H3,(H,23,28). The van der Waals surface area contributed by atoms with Crippen LogP contribution in [-0.2, 0) is 22.5 Å². The van der Waals surface area contributed by atoms with Crippen LogP contribution in [-0.4, -0.2) is 46.7 Å². The number of hydrogen-bond donors (Lipinski definition) is 3. The maximum absolute atomic E-state index is 12.6. The fourth-order valence-corrected chi connectivity index (χ4v) is 3.67. The van der Waals surface area contributed by atoms with Gasteiger partial charge in [0.15, 0.2) is 0 Å². The lowest BCUT2D eigenvalue weighted by molar-refractivity contribution is -0.122. The van der Waals surface area contributed by atoms with Gasteiger partial charge in [-0.2, -0.15) is 0 Å². The molecule has 1 saturated heterocycles. The molecule has 1 amide bonds. The number of amides is 1. The third-order valence-electron chi connectivity index (χ3n) is 5.16. The van der Waals surface area contributed by atoms with E-state index in [4.69, 9.17) is 9.72 Å². The number of hydrazine groups is 1. The second-order valence-corrected chi connectivity index (χ2v) is 7.09. The van der Waals surface area contributed by atoms with Gasteiger partial charge in [-0.1, -0.05) is 18.2 Å². The first-order valence-corrected chi connectivity index (χ1v) is 9.89. The molecule has 0 spiro atoms. The fourth-order valence-electron chi connectivity index (χ4n) is 3.67. The molecule has 1 aliphatic heterocycles. The molecule has 2 aromatic heterocycles. The summed E-state index contributed by atoms with van der Waals surface area (Å²) in [5, 5.41) is 3.03. The predicted molar refractivity (Wildman–Crippen MR) is 110 cm³/mol. The van der Waals surface area contributed by atoms with Gasteiger partial charge in [0.25, 0.3) is 0 Å². The molecule has 0 aliphatic carbocycles. The molecule has 3 aromatic rings. The molecule has 0 bridgehead atoms. The van der Waals surface area contributed by atoms with E-state index in [9.17, 15) is 4.79 Å². The lowest BCUT2D eigenvalue weighted by atomic mass is 10.1. The molecule has 8 nitrogen and oxygen atoms in total. The summed E-state index contributed by atoms with van der Waals surface area (Å²) < 4.78 is 7.40. The number of hydrogen-bond acceptors (Lipinski definition) is 6. The van der Waals surface area contributed by atoms with Crippen LogP contribution in [0.15, 0.2) is 48.7 Å². The molecule has 8 heteroatoms. The first-order valence-electron chi connectivity index (χ1n) is 9.89. The number of imidazole rings is 1. The van der Waals surface area contributed by atoms with Gasteiger partial charge < -0.3 is 14.6 Å². The highest BCUT2D eigenvalue weighted by atomic mass is 16.5. The monoisotopic (exact) mass is 394 g/mol. The van der Waals surface area contributed by atoms with E-state index in [1.165, 1.54) is 0 Å². The smallest absolute Gasteiger partial charge is 0.238 e. The molecular weight excluding hydrogens is 368 g/mol. The summed E-state index contributed by atoms with van der Waals surface area (Å²) in [7, 11) is 1.69. The van der Waals surface area contributed by atoms with E-state index in [1.54, 1.807) is 13.3 Å². The van der Waals surface area contributed by atoms with Gasteiger partial charge in [0.2, 0.25) is 5.91 Å². The number of ether oxygens (including phenoxy) is 1. The Kier molecular flexibility index (Phi) is 6.14. The van der Waals surface area contributed by atoms with Gasteiger partial charge in [-0.15, -0.1) is 0 Å². The summed E-state index contributed by atoms with van der Waals surface area (Å²) in [6.45, 7) is 1.88. The van der Waals surface area contributed by atoms with Crippen molar-refractivity contribution < 1.29 is 9.53 Å². The first kappa shape index (κ1) is 19.5. The topological polar surface area (TPSA) is 93.1 Å². The zero-order chi connectivity index (χ0) is 20.1. The number of benzene rings is 1.